The van der Waals surface area contributed by atoms with Crippen molar-refractivity contribution in [3.05, 3.63) is 86.7 Å². The molecule has 0 spiro atoms. The highest BCUT2D eigenvalue weighted by Gasteiger charge is 2.13. The van der Waals surface area contributed by atoms with Crippen molar-refractivity contribution in [3.8, 4) is 11.1 Å². The number of thiophene rings is 1. The van der Waals surface area contributed by atoms with Gasteiger partial charge in [0.15, 0.2) is 0 Å². The number of nitrogens with zero attached hydrogens (tertiary/aromatic N) is 2. The fraction of sp³-hybridized carbons (Fsp3) is 0.100. The summed E-state index contributed by atoms with van der Waals surface area (Å²) in [6.07, 6.45) is 1.61. The standard InChI is InChI=1S/C20H15ClN2OS/c1-13-5-7-15(8-6-13)17-11-25-19-18(17)20(24)23(12-22-19)10-14-3-2-4-16(21)9-14/h2-9,11-12H,10H2,1H3. The summed E-state index contributed by atoms with van der Waals surface area (Å²) in [5.41, 5.74) is 4.12. The molecular weight excluding hydrogens is 352 g/mol. The van der Waals surface area contributed by atoms with Gasteiger partial charge in [0, 0.05) is 16.0 Å². The summed E-state index contributed by atoms with van der Waals surface area (Å²) in [6.45, 7) is 2.50. The molecule has 2 aromatic heterocycles. The average Bonchev–Trinajstić information content (AvgIpc) is 3.03. The first-order valence-corrected chi connectivity index (χ1v) is 9.16. The summed E-state index contributed by atoms with van der Waals surface area (Å²) < 4.78 is 1.64. The molecule has 5 heteroatoms. The number of hydrogen-bond acceptors (Lipinski definition) is 3. The molecule has 0 saturated heterocycles. The molecule has 124 valence electrons. The average molecular weight is 367 g/mol. The quantitative estimate of drug-likeness (QED) is 0.503. The van der Waals surface area contributed by atoms with Crippen LogP contribution in [-0.2, 0) is 6.54 Å². The molecule has 0 amide bonds. The second kappa shape index (κ2) is 6.47. The van der Waals surface area contributed by atoms with E-state index in [1.165, 1.54) is 16.9 Å². The van der Waals surface area contributed by atoms with Crippen molar-refractivity contribution < 1.29 is 0 Å². The van der Waals surface area contributed by atoms with Crippen LogP contribution >= 0.6 is 22.9 Å². The van der Waals surface area contributed by atoms with Gasteiger partial charge >= 0.3 is 0 Å². The second-order valence-electron chi connectivity index (χ2n) is 6.00. The van der Waals surface area contributed by atoms with Crippen molar-refractivity contribution in [3.63, 3.8) is 0 Å². The Balaban J connectivity index is 1.83. The molecule has 0 bridgehead atoms. The minimum absolute atomic E-state index is 0.0261. The van der Waals surface area contributed by atoms with Gasteiger partial charge in [-0.2, -0.15) is 0 Å². The van der Waals surface area contributed by atoms with Crippen molar-refractivity contribution in [2.24, 2.45) is 0 Å². The first kappa shape index (κ1) is 16.1. The van der Waals surface area contributed by atoms with Crippen LogP contribution in [-0.4, -0.2) is 9.55 Å². The van der Waals surface area contributed by atoms with E-state index in [1.807, 2.05) is 41.8 Å². The zero-order chi connectivity index (χ0) is 17.4. The maximum atomic E-state index is 13.0. The Morgan fingerprint density at radius 1 is 1.16 bits per heavy atom. The van der Waals surface area contributed by atoms with Crippen LogP contribution in [0.5, 0.6) is 0 Å². The Morgan fingerprint density at radius 2 is 1.96 bits per heavy atom. The molecule has 0 aliphatic heterocycles. The summed E-state index contributed by atoms with van der Waals surface area (Å²) in [4.78, 5) is 18.3. The van der Waals surface area contributed by atoms with Crippen LogP contribution in [0.3, 0.4) is 0 Å². The first-order chi connectivity index (χ1) is 12.1. The molecule has 0 aliphatic carbocycles. The molecule has 2 heterocycles. The molecule has 0 aliphatic rings. The molecule has 25 heavy (non-hydrogen) atoms. The molecule has 0 fully saturated rings. The fourth-order valence-corrected chi connectivity index (χ4v) is 3.98. The van der Waals surface area contributed by atoms with E-state index >= 15 is 0 Å². The molecule has 4 rings (SSSR count). The fourth-order valence-electron chi connectivity index (χ4n) is 2.86. The number of hydrogen-bond donors (Lipinski definition) is 0. The van der Waals surface area contributed by atoms with Crippen molar-refractivity contribution in [2.75, 3.05) is 0 Å². The van der Waals surface area contributed by atoms with Gasteiger partial charge in [0.1, 0.15) is 4.83 Å². The zero-order valence-corrected chi connectivity index (χ0v) is 15.1. The van der Waals surface area contributed by atoms with Crippen molar-refractivity contribution in [2.45, 2.75) is 13.5 Å². The number of rotatable bonds is 3. The lowest BCUT2D eigenvalue weighted by Gasteiger charge is -2.07. The molecule has 0 atom stereocenters. The first-order valence-electron chi connectivity index (χ1n) is 7.90. The number of benzene rings is 2. The third-order valence-electron chi connectivity index (χ3n) is 4.17. The summed E-state index contributed by atoms with van der Waals surface area (Å²) in [5.74, 6) is 0. The Kier molecular flexibility index (Phi) is 4.15. The van der Waals surface area contributed by atoms with Gasteiger partial charge in [-0.15, -0.1) is 11.3 Å². The van der Waals surface area contributed by atoms with Gasteiger partial charge in [0.05, 0.1) is 18.3 Å². The largest absolute Gasteiger partial charge is 0.294 e. The number of halogens is 1. The Hall–Kier alpha value is -2.43. The van der Waals surface area contributed by atoms with Crippen molar-refractivity contribution in [1.29, 1.82) is 0 Å². The predicted molar refractivity (Wildman–Crippen MR) is 105 cm³/mol. The van der Waals surface area contributed by atoms with E-state index in [9.17, 15) is 4.79 Å². The molecule has 0 radical (unpaired) electrons. The van der Waals surface area contributed by atoms with Gasteiger partial charge in [-0.1, -0.05) is 53.6 Å². The molecule has 2 aromatic carbocycles. The Morgan fingerprint density at radius 3 is 2.72 bits per heavy atom. The molecule has 0 unspecified atom stereocenters. The lowest BCUT2D eigenvalue weighted by Crippen LogP contribution is -2.20. The Bertz CT molecular complexity index is 1110. The third-order valence-corrected chi connectivity index (χ3v) is 5.29. The van der Waals surface area contributed by atoms with E-state index in [0.29, 0.717) is 17.0 Å². The van der Waals surface area contributed by atoms with E-state index in [-0.39, 0.29) is 5.56 Å². The summed E-state index contributed by atoms with van der Waals surface area (Å²) in [5, 5.41) is 3.35. The van der Waals surface area contributed by atoms with Gasteiger partial charge < -0.3 is 0 Å². The third kappa shape index (κ3) is 3.11. The van der Waals surface area contributed by atoms with Crippen LogP contribution < -0.4 is 5.56 Å². The maximum Gasteiger partial charge on any atom is 0.263 e. The van der Waals surface area contributed by atoms with E-state index in [4.69, 9.17) is 11.6 Å². The highest BCUT2D eigenvalue weighted by atomic mass is 35.5. The van der Waals surface area contributed by atoms with Gasteiger partial charge in [-0.25, -0.2) is 4.98 Å². The lowest BCUT2D eigenvalue weighted by molar-refractivity contribution is 0.749. The maximum absolute atomic E-state index is 13.0. The lowest BCUT2D eigenvalue weighted by atomic mass is 10.1. The Labute approximate surface area is 154 Å². The van der Waals surface area contributed by atoms with Crippen LogP contribution in [0.4, 0.5) is 0 Å². The highest BCUT2D eigenvalue weighted by molar-refractivity contribution is 7.17. The van der Waals surface area contributed by atoms with Crippen LogP contribution in [0, 0.1) is 6.92 Å². The molecule has 4 aromatic rings. The minimum atomic E-state index is -0.0261. The van der Waals surface area contributed by atoms with Crippen molar-refractivity contribution in [1.82, 2.24) is 9.55 Å². The van der Waals surface area contributed by atoms with Gasteiger partial charge in [-0.3, -0.25) is 9.36 Å². The number of fused-ring (bicyclic) bond motifs is 1. The van der Waals surface area contributed by atoms with E-state index < -0.39 is 0 Å². The highest BCUT2D eigenvalue weighted by Crippen LogP contribution is 2.30. The van der Waals surface area contributed by atoms with Crippen molar-refractivity contribution >= 4 is 33.2 Å². The zero-order valence-electron chi connectivity index (χ0n) is 13.6. The second-order valence-corrected chi connectivity index (χ2v) is 7.30. The summed E-state index contributed by atoms with van der Waals surface area (Å²) >= 11 is 7.54. The molecule has 3 nitrogen and oxygen atoms in total. The van der Waals surface area contributed by atoms with E-state index in [1.54, 1.807) is 10.9 Å². The van der Waals surface area contributed by atoms with Crippen LogP contribution in [0.25, 0.3) is 21.3 Å². The van der Waals surface area contributed by atoms with Gasteiger partial charge in [-0.05, 0) is 30.2 Å². The smallest absolute Gasteiger partial charge is 0.263 e. The van der Waals surface area contributed by atoms with E-state index in [2.05, 4.69) is 24.0 Å². The monoisotopic (exact) mass is 366 g/mol. The predicted octanol–water partition coefficient (Wildman–Crippen LogP) is 5.14. The number of aromatic nitrogens is 2. The van der Waals surface area contributed by atoms with E-state index in [0.717, 1.165) is 21.5 Å². The SMILES string of the molecule is Cc1ccc(-c2csc3ncn(Cc4cccc(Cl)c4)c(=O)c23)cc1. The molecule has 0 saturated carbocycles. The van der Waals surface area contributed by atoms with Gasteiger partial charge in [0.25, 0.3) is 5.56 Å². The number of aryl methyl sites for hydroxylation is 1. The van der Waals surface area contributed by atoms with Crippen LogP contribution in [0.2, 0.25) is 5.02 Å². The molecule has 0 N–H and O–H groups in total. The summed E-state index contributed by atoms with van der Waals surface area (Å²) in [7, 11) is 0. The summed E-state index contributed by atoms with van der Waals surface area (Å²) in [6, 6.07) is 15.7. The van der Waals surface area contributed by atoms with Crippen LogP contribution in [0.15, 0.2) is 65.0 Å². The van der Waals surface area contributed by atoms with Gasteiger partial charge in [0.2, 0.25) is 0 Å². The molecular formula is C20H15ClN2OS. The topological polar surface area (TPSA) is 34.9 Å². The minimum Gasteiger partial charge on any atom is -0.294 e. The normalized spacial score (nSPS) is 11.1. The van der Waals surface area contributed by atoms with Crippen LogP contribution in [0.1, 0.15) is 11.1 Å².